The minimum absolute atomic E-state index is 0.0973. The lowest BCUT2D eigenvalue weighted by Gasteiger charge is -2.22. The maximum atomic E-state index is 12.8. The molecule has 3 N–H and O–H groups in total. The van der Waals surface area contributed by atoms with Crippen LogP contribution in [0, 0.1) is 0 Å². The number of rotatable bonds is 12. The number of aliphatic carboxylic acids is 1. The minimum atomic E-state index is -1.10. The normalized spacial score (nSPS) is 13.9. The molecule has 2 amide bonds. The van der Waals surface area contributed by atoms with Crippen molar-refractivity contribution in [2.45, 2.75) is 50.6 Å². The van der Waals surface area contributed by atoms with Crippen LogP contribution in [-0.2, 0) is 19.1 Å². The summed E-state index contributed by atoms with van der Waals surface area (Å²) in [4.78, 5) is 36.9. The van der Waals surface area contributed by atoms with Crippen molar-refractivity contribution in [2.24, 2.45) is 0 Å². The van der Waals surface area contributed by atoms with Gasteiger partial charge in [-0.05, 0) is 41.5 Å². The summed E-state index contributed by atoms with van der Waals surface area (Å²) in [6.07, 6.45) is 0.996. The number of hydrogen-bond acceptors (Lipinski definition) is 5. The third kappa shape index (κ3) is 6.14. The number of carboxylic acid groups (broad SMARTS) is 1. The fourth-order valence-corrected chi connectivity index (χ4v) is 4.30. The molecule has 0 saturated carbocycles. The fraction of sp³-hybridized carbons (Fsp3) is 0.423. The van der Waals surface area contributed by atoms with E-state index in [4.69, 9.17) is 9.47 Å². The second-order valence-electron chi connectivity index (χ2n) is 8.35. The largest absolute Gasteiger partial charge is 0.480 e. The van der Waals surface area contributed by atoms with Gasteiger partial charge in [0.15, 0.2) is 0 Å². The summed E-state index contributed by atoms with van der Waals surface area (Å²) < 4.78 is 10.6. The Kier molecular flexibility index (Phi) is 9.04. The van der Waals surface area contributed by atoms with Crippen LogP contribution in [0.4, 0.5) is 4.79 Å². The van der Waals surface area contributed by atoms with Gasteiger partial charge < -0.3 is 25.2 Å². The average molecular weight is 469 g/mol. The van der Waals surface area contributed by atoms with E-state index in [0.29, 0.717) is 32.3 Å². The summed E-state index contributed by atoms with van der Waals surface area (Å²) in [6, 6.07) is 14.1. The Balaban J connectivity index is 1.65. The molecule has 0 aliphatic heterocycles. The predicted octanol–water partition coefficient (Wildman–Crippen LogP) is 3.69. The van der Waals surface area contributed by atoms with E-state index in [9.17, 15) is 19.5 Å². The van der Waals surface area contributed by atoms with Crippen LogP contribution in [0.15, 0.2) is 48.5 Å². The van der Waals surface area contributed by atoms with Crippen molar-refractivity contribution < 1.29 is 29.0 Å². The summed E-state index contributed by atoms with van der Waals surface area (Å²) in [5, 5.41) is 14.5. The smallest absolute Gasteiger partial charge is 0.407 e. The Bertz CT molecular complexity index is 963. The number of amides is 2. The first-order valence-electron chi connectivity index (χ1n) is 11.6. The monoisotopic (exact) mass is 468 g/mol. The van der Waals surface area contributed by atoms with Crippen LogP contribution >= 0.6 is 0 Å². The lowest BCUT2D eigenvalue weighted by atomic mass is 9.98. The Morgan fingerprint density at radius 3 is 2.12 bits per heavy atom. The average Bonchev–Trinajstić information content (AvgIpc) is 3.15. The topological polar surface area (TPSA) is 114 Å². The van der Waals surface area contributed by atoms with Crippen LogP contribution in [0.3, 0.4) is 0 Å². The molecule has 34 heavy (non-hydrogen) atoms. The first-order valence-corrected chi connectivity index (χ1v) is 11.6. The molecule has 0 spiro atoms. The molecule has 8 heteroatoms. The van der Waals surface area contributed by atoms with Crippen molar-refractivity contribution in [3.8, 4) is 11.1 Å². The van der Waals surface area contributed by atoms with E-state index in [1.807, 2.05) is 43.3 Å². The van der Waals surface area contributed by atoms with Crippen molar-refractivity contribution in [3.63, 3.8) is 0 Å². The van der Waals surface area contributed by atoms with Gasteiger partial charge in [0.05, 0.1) is 0 Å². The highest BCUT2D eigenvalue weighted by Crippen LogP contribution is 2.44. The predicted molar refractivity (Wildman–Crippen MR) is 128 cm³/mol. The van der Waals surface area contributed by atoms with E-state index in [2.05, 4.69) is 22.8 Å². The number of methoxy groups -OCH3 is 1. The zero-order chi connectivity index (χ0) is 24.5. The molecule has 2 unspecified atom stereocenters. The van der Waals surface area contributed by atoms with Crippen molar-refractivity contribution in [3.05, 3.63) is 59.7 Å². The van der Waals surface area contributed by atoms with Gasteiger partial charge in [-0.25, -0.2) is 9.59 Å². The van der Waals surface area contributed by atoms with Gasteiger partial charge in [0, 0.05) is 19.6 Å². The minimum Gasteiger partial charge on any atom is -0.480 e. The summed E-state index contributed by atoms with van der Waals surface area (Å²) in [6.45, 7) is 2.38. The van der Waals surface area contributed by atoms with E-state index < -0.39 is 30.1 Å². The standard InChI is InChI=1S/C26H32N2O6/c1-3-9-23(25(30)31)27-24(29)22(14-8-15-33-2)28-26(32)34-16-21-19-12-6-4-10-17(19)18-11-5-7-13-20(18)21/h4-7,10-13,21-23H,3,8-9,14-16H2,1-2H3,(H,27,29)(H,28,32)(H,30,31). The van der Waals surface area contributed by atoms with E-state index in [1.165, 1.54) is 0 Å². The van der Waals surface area contributed by atoms with E-state index in [1.54, 1.807) is 7.11 Å². The third-order valence-electron chi connectivity index (χ3n) is 5.99. The Labute approximate surface area is 199 Å². The molecular weight excluding hydrogens is 436 g/mol. The summed E-state index contributed by atoms with van der Waals surface area (Å²) >= 11 is 0. The molecule has 1 aliphatic carbocycles. The second-order valence-corrected chi connectivity index (χ2v) is 8.35. The van der Waals surface area contributed by atoms with Gasteiger partial charge in [0.2, 0.25) is 5.91 Å². The molecule has 3 rings (SSSR count). The molecule has 0 aromatic heterocycles. The number of alkyl carbamates (subject to hydrolysis) is 1. The lowest BCUT2D eigenvalue weighted by Crippen LogP contribution is -2.51. The molecule has 0 radical (unpaired) electrons. The lowest BCUT2D eigenvalue weighted by molar-refractivity contribution is -0.142. The van der Waals surface area contributed by atoms with Gasteiger partial charge in [-0.15, -0.1) is 0 Å². The van der Waals surface area contributed by atoms with Crippen molar-refractivity contribution in [1.82, 2.24) is 10.6 Å². The van der Waals surface area contributed by atoms with Crippen LogP contribution in [0.1, 0.15) is 49.7 Å². The molecular formula is C26H32N2O6. The quantitative estimate of drug-likeness (QED) is 0.410. The number of ether oxygens (including phenoxy) is 2. The van der Waals surface area contributed by atoms with Crippen molar-refractivity contribution in [2.75, 3.05) is 20.3 Å². The molecule has 0 heterocycles. The highest BCUT2D eigenvalue weighted by atomic mass is 16.5. The maximum Gasteiger partial charge on any atom is 0.407 e. The third-order valence-corrected chi connectivity index (χ3v) is 5.99. The van der Waals surface area contributed by atoms with Crippen LogP contribution < -0.4 is 10.6 Å². The maximum absolute atomic E-state index is 12.8. The van der Waals surface area contributed by atoms with Crippen LogP contribution in [0.2, 0.25) is 0 Å². The van der Waals surface area contributed by atoms with Crippen LogP contribution in [0.25, 0.3) is 11.1 Å². The van der Waals surface area contributed by atoms with E-state index >= 15 is 0 Å². The van der Waals surface area contributed by atoms with Gasteiger partial charge in [-0.1, -0.05) is 61.9 Å². The number of hydrogen-bond donors (Lipinski definition) is 3. The molecule has 2 aromatic rings. The molecule has 2 aromatic carbocycles. The van der Waals surface area contributed by atoms with Gasteiger partial charge in [-0.2, -0.15) is 0 Å². The number of carbonyl (C=O) groups is 3. The van der Waals surface area contributed by atoms with Gasteiger partial charge in [0.25, 0.3) is 0 Å². The van der Waals surface area contributed by atoms with Crippen molar-refractivity contribution in [1.29, 1.82) is 0 Å². The molecule has 2 atom stereocenters. The van der Waals surface area contributed by atoms with Gasteiger partial charge in [-0.3, -0.25) is 4.79 Å². The number of benzene rings is 2. The van der Waals surface area contributed by atoms with E-state index in [0.717, 1.165) is 22.3 Å². The molecule has 0 saturated heterocycles. The highest BCUT2D eigenvalue weighted by Gasteiger charge is 2.30. The summed E-state index contributed by atoms with van der Waals surface area (Å²) in [5.74, 6) is -1.75. The zero-order valence-corrected chi connectivity index (χ0v) is 19.6. The van der Waals surface area contributed by atoms with E-state index in [-0.39, 0.29) is 12.5 Å². The van der Waals surface area contributed by atoms with Crippen molar-refractivity contribution >= 4 is 18.0 Å². The van der Waals surface area contributed by atoms with Crippen LogP contribution in [0.5, 0.6) is 0 Å². The number of fused-ring (bicyclic) bond motifs is 3. The first kappa shape index (κ1) is 25.2. The van der Waals surface area contributed by atoms with Gasteiger partial charge >= 0.3 is 12.1 Å². The molecule has 1 aliphatic rings. The summed E-state index contributed by atoms with van der Waals surface area (Å²) in [5.41, 5.74) is 4.43. The first-order chi connectivity index (χ1) is 16.5. The molecule has 0 bridgehead atoms. The highest BCUT2D eigenvalue weighted by molar-refractivity contribution is 5.89. The van der Waals surface area contributed by atoms with Crippen LogP contribution in [-0.4, -0.2) is 55.5 Å². The fourth-order valence-electron chi connectivity index (χ4n) is 4.30. The Morgan fingerprint density at radius 2 is 1.56 bits per heavy atom. The number of carboxylic acids is 1. The number of nitrogens with one attached hydrogen (secondary N) is 2. The second kappa shape index (κ2) is 12.2. The SMILES string of the molecule is CCCC(NC(=O)C(CCCOC)NC(=O)OCC1c2ccccc2-c2ccccc21)C(=O)O. The molecule has 182 valence electrons. The molecule has 8 nitrogen and oxygen atoms in total. The Morgan fingerprint density at radius 1 is 0.941 bits per heavy atom. The van der Waals surface area contributed by atoms with Gasteiger partial charge in [0.1, 0.15) is 18.7 Å². The summed E-state index contributed by atoms with van der Waals surface area (Å²) in [7, 11) is 1.55. The zero-order valence-electron chi connectivity index (χ0n) is 19.6. The number of carbonyl (C=O) groups excluding carboxylic acids is 2. The molecule has 0 fully saturated rings. The Hall–Kier alpha value is -3.39.